The average Bonchev–Trinajstić information content (AvgIpc) is 2.84. The lowest BCUT2D eigenvalue weighted by Gasteiger charge is -2.36. The molecule has 1 fully saturated rings. The second-order valence-corrected chi connectivity index (χ2v) is 6.33. The highest BCUT2D eigenvalue weighted by Crippen LogP contribution is 2.40. The lowest BCUT2D eigenvalue weighted by Crippen LogP contribution is -2.29. The van der Waals surface area contributed by atoms with Gasteiger partial charge in [-0.25, -0.2) is 14.6 Å². The molecule has 2 aromatic heterocycles. The largest absolute Gasteiger partial charge is 0.382 e. The minimum absolute atomic E-state index is 0.357. The second kappa shape index (κ2) is 5.00. The maximum absolute atomic E-state index is 5.84. The molecule has 2 heterocycles. The van der Waals surface area contributed by atoms with E-state index in [0.29, 0.717) is 29.2 Å². The predicted octanol–water partition coefficient (Wildman–Crippen LogP) is 2.44. The Balaban J connectivity index is 1.98. The second-order valence-electron chi connectivity index (χ2n) is 6.33. The maximum Gasteiger partial charge on any atom is 0.184 e. The van der Waals surface area contributed by atoms with Crippen molar-refractivity contribution in [1.82, 2.24) is 25.0 Å². The van der Waals surface area contributed by atoms with E-state index in [0.717, 1.165) is 18.0 Å². The summed E-state index contributed by atoms with van der Waals surface area (Å²) < 4.78 is 1.96. The van der Waals surface area contributed by atoms with Gasteiger partial charge in [0.15, 0.2) is 17.0 Å². The van der Waals surface area contributed by atoms with Crippen LogP contribution in [0.1, 0.15) is 46.1 Å². The molecule has 2 aromatic rings. The van der Waals surface area contributed by atoms with E-state index in [1.165, 1.54) is 19.2 Å². The molecule has 0 amide bonds. The Hall–Kier alpha value is -1.72. The van der Waals surface area contributed by atoms with Crippen molar-refractivity contribution in [2.75, 3.05) is 5.73 Å². The summed E-state index contributed by atoms with van der Waals surface area (Å²) >= 11 is 0. The number of aromatic nitrogens is 5. The highest BCUT2D eigenvalue weighted by atomic mass is 15.5. The van der Waals surface area contributed by atoms with Gasteiger partial charge in [-0.2, -0.15) is 0 Å². The number of fused-ring (bicyclic) bond motifs is 1. The maximum atomic E-state index is 5.84. The van der Waals surface area contributed by atoms with Crippen LogP contribution >= 0.6 is 0 Å². The van der Waals surface area contributed by atoms with Crippen molar-refractivity contribution >= 4 is 17.0 Å². The molecule has 20 heavy (non-hydrogen) atoms. The molecule has 0 saturated heterocycles. The molecule has 108 valence electrons. The van der Waals surface area contributed by atoms with Crippen LogP contribution in [0.5, 0.6) is 0 Å². The van der Waals surface area contributed by atoms with Crippen LogP contribution in [0.3, 0.4) is 0 Å². The molecule has 3 atom stereocenters. The van der Waals surface area contributed by atoms with Crippen LogP contribution in [0.4, 0.5) is 5.82 Å². The van der Waals surface area contributed by atoms with Gasteiger partial charge >= 0.3 is 0 Å². The predicted molar refractivity (Wildman–Crippen MR) is 77.9 cm³/mol. The van der Waals surface area contributed by atoms with Crippen molar-refractivity contribution in [2.45, 2.75) is 46.1 Å². The van der Waals surface area contributed by atoms with Gasteiger partial charge in [-0.05, 0) is 37.0 Å². The van der Waals surface area contributed by atoms with Crippen LogP contribution in [0.2, 0.25) is 0 Å². The minimum atomic E-state index is 0.357. The van der Waals surface area contributed by atoms with E-state index in [-0.39, 0.29) is 0 Å². The molecule has 0 spiro atoms. The number of nitrogen functional groups attached to an aromatic ring is 1. The topological polar surface area (TPSA) is 82.5 Å². The fraction of sp³-hybridized carbons (Fsp3) is 0.714. The molecule has 1 aliphatic carbocycles. The monoisotopic (exact) mass is 274 g/mol. The number of nitrogens with two attached hydrogens (primary N) is 1. The highest BCUT2D eigenvalue weighted by molar-refractivity contribution is 5.80. The Morgan fingerprint density at radius 1 is 1.30 bits per heavy atom. The molecule has 3 rings (SSSR count). The summed E-state index contributed by atoms with van der Waals surface area (Å²) in [5.41, 5.74) is 7.22. The van der Waals surface area contributed by atoms with Gasteiger partial charge in [-0.1, -0.05) is 26.0 Å². The molecule has 0 bridgehead atoms. The quantitative estimate of drug-likeness (QED) is 0.909. The van der Waals surface area contributed by atoms with Crippen molar-refractivity contribution in [1.29, 1.82) is 0 Å². The average molecular weight is 274 g/mol. The first-order chi connectivity index (χ1) is 9.58. The van der Waals surface area contributed by atoms with E-state index >= 15 is 0 Å². The number of nitrogens with zero attached hydrogens (tertiary/aromatic N) is 5. The van der Waals surface area contributed by atoms with Crippen molar-refractivity contribution in [3.8, 4) is 0 Å². The standard InChI is InChI=1S/C14H22N6/c1-8(2)10-5-4-9(3)11(6-10)20-14-12(18-19-20)13(15)16-7-17-14/h7-11H,4-6H2,1-3H3,(H2,15,16,17)/t9-,10?,11+/m1/s1. The fourth-order valence-corrected chi connectivity index (χ4v) is 3.28. The number of rotatable bonds is 2. The van der Waals surface area contributed by atoms with Gasteiger partial charge in [0.25, 0.3) is 0 Å². The highest BCUT2D eigenvalue weighted by Gasteiger charge is 2.32. The molecule has 2 N–H and O–H groups in total. The fourth-order valence-electron chi connectivity index (χ4n) is 3.28. The van der Waals surface area contributed by atoms with Crippen LogP contribution < -0.4 is 5.73 Å². The van der Waals surface area contributed by atoms with Crippen LogP contribution in [-0.4, -0.2) is 25.0 Å². The third kappa shape index (κ3) is 2.13. The lowest BCUT2D eigenvalue weighted by atomic mass is 9.74. The van der Waals surface area contributed by atoms with Gasteiger partial charge in [-0.3, -0.25) is 0 Å². The molecule has 1 saturated carbocycles. The molecule has 1 aliphatic rings. The van der Waals surface area contributed by atoms with E-state index in [2.05, 4.69) is 41.1 Å². The zero-order valence-corrected chi connectivity index (χ0v) is 12.3. The van der Waals surface area contributed by atoms with Crippen LogP contribution in [-0.2, 0) is 0 Å². The van der Waals surface area contributed by atoms with Crippen molar-refractivity contribution < 1.29 is 0 Å². The van der Waals surface area contributed by atoms with E-state index in [9.17, 15) is 0 Å². The van der Waals surface area contributed by atoms with E-state index in [1.807, 2.05) is 4.68 Å². The van der Waals surface area contributed by atoms with Crippen LogP contribution in [0.25, 0.3) is 11.2 Å². The summed E-state index contributed by atoms with van der Waals surface area (Å²) in [7, 11) is 0. The summed E-state index contributed by atoms with van der Waals surface area (Å²) in [4.78, 5) is 8.31. The lowest BCUT2D eigenvalue weighted by molar-refractivity contribution is 0.154. The minimum Gasteiger partial charge on any atom is -0.382 e. The SMILES string of the molecule is CC(C)C1CC[C@@H](C)[C@@H](n2nnc3c(N)ncnc32)C1. The molecule has 6 nitrogen and oxygen atoms in total. The third-order valence-corrected chi connectivity index (χ3v) is 4.74. The first-order valence-electron chi connectivity index (χ1n) is 7.39. The third-order valence-electron chi connectivity index (χ3n) is 4.74. The molecular weight excluding hydrogens is 252 g/mol. The number of hydrogen-bond acceptors (Lipinski definition) is 5. The summed E-state index contributed by atoms with van der Waals surface area (Å²) in [6, 6.07) is 0.357. The molecule has 1 unspecified atom stereocenters. The Kier molecular flexibility index (Phi) is 3.31. The van der Waals surface area contributed by atoms with Gasteiger partial charge in [0, 0.05) is 0 Å². The smallest absolute Gasteiger partial charge is 0.184 e. The zero-order valence-electron chi connectivity index (χ0n) is 12.3. The van der Waals surface area contributed by atoms with E-state index in [4.69, 9.17) is 5.73 Å². The van der Waals surface area contributed by atoms with E-state index < -0.39 is 0 Å². The summed E-state index contributed by atoms with van der Waals surface area (Å²) in [6.07, 6.45) is 5.17. The van der Waals surface area contributed by atoms with Crippen LogP contribution in [0.15, 0.2) is 6.33 Å². The van der Waals surface area contributed by atoms with Crippen molar-refractivity contribution in [3.05, 3.63) is 6.33 Å². The molecule has 0 aliphatic heterocycles. The van der Waals surface area contributed by atoms with Crippen LogP contribution in [0, 0.1) is 17.8 Å². The Bertz CT molecular complexity index is 605. The van der Waals surface area contributed by atoms with Gasteiger partial charge in [0.05, 0.1) is 6.04 Å². The Morgan fingerprint density at radius 2 is 2.10 bits per heavy atom. The molecular formula is C14H22N6. The molecule has 0 aromatic carbocycles. The number of anilines is 1. The first-order valence-corrected chi connectivity index (χ1v) is 7.39. The van der Waals surface area contributed by atoms with Crippen molar-refractivity contribution in [3.63, 3.8) is 0 Å². The van der Waals surface area contributed by atoms with Gasteiger partial charge in [0.1, 0.15) is 6.33 Å². The van der Waals surface area contributed by atoms with Gasteiger partial charge in [0.2, 0.25) is 0 Å². The van der Waals surface area contributed by atoms with Gasteiger partial charge < -0.3 is 5.73 Å². The Labute approximate surface area is 118 Å². The normalized spacial score (nSPS) is 27.3. The number of hydrogen-bond donors (Lipinski definition) is 1. The summed E-state index contributed by atoms with van der Waals surface area (Å²) in [6.45, 7) is 6.90. The summed E-state index contributed by atoms with van der Waals surface area (Å²) in [5, 5.41) is 8.47. The zero-order chi connectivity index (χ0) is 14.3. The van der Waals surface area contributed by atoms with Crippen molar-refractivity contribution in [2.24, 2.45) is 17.8 Å². The van der Waals surface area contributed by atoms with Gasteiger partial charge in [-0.15, -0.1) is 5.10 Å². The molecule has 0 radical (unpaired) electrons. The Morgan fingerprint density at radius 3 is 2.85 bits per heavy atom. The first kappa shape index (κ1) is 13.3. The summed E-state index contributed by atoms with van der Waals surface area (Å²) in [5.74, 6) is 2.45. The molecule has 6 heteroatoms. The van der Waals surface area contributed by atoms with E-state index in [1.54, 1.807) is 0 Å².